The fourth-order valence-electron chi connectivity index (χ4n) is 9.57. The van der Waals surface area contributed by atoms with Gasteiger partial charge in [0.2, 0.25) is 0 Å². The van der Waals surface area contributed by atoms with Crippen LogP contribution in [0.25, 0.3) is 49.4 Å². The van der Waals surface area contributed by atoms with Gasteiger partial charge in [0.05, 0.1) is 16.7 Å². The molecular weight excluding hydrogens is 753 g/mol. The first-order valence-electron chi connectivity index (χ1n) is 21.0. The summed E-state index contributed by atoms with van der Waals surface area (Å²) >= 11 is 0. The van der Waals surface area contributed by atoms with Crippen molar-refractivity contribution in [3.05, 3.63) is 255 Å². The lowest BCUT2D eigenvalue weighted by Gasteiger charge is -2.34. The minimum absolute atomic E-state index is 1.10. The highest BCUT2D eigenvalue weighted by Gasteiger charge is 2.41. The van der Waals surface area contributed by atoms with Gasteiger partial charge >= 0.3 is 0 Å². The minimum atomic E-state index is -2.61. The number of hydrogen-bond donors (Lipinski definition) is 0. The van der Waals surface area contributed by atoms with Crippen LogP contribution in [0.5, 0.6) is 0 Å². The SMILES string of the molecule is c1ccc(-n2c3ccccc3c3cc(N(c4ccc(-c5ccc([Si](c6ccccc6)(c6ccccc6)c6ccccc6)cc5)cc4)c4cccc5ccccc45)ccc32)cc1. The van der Waals surface area contributed by atoms with E-state index in [-0.39, 0.29) is 0 Å². The number of aromatic nitrogens is 1. The first-order chi connectivity index (χ1) is 30.3. The Labute approximate surface area is 357 Å². The van der Waals surface area contributed by atoms with Crippen molar-refractivity contribution < 1.29 is 0 Å². The Balaban J connectivity index is 1.03. The Kier molecular flexibility index (Phi) is 9.22. The van der Waals surface area contributed by atoms with E-state index in [0.717, 1.165) is 22.7 Å². The molecule has 11 aromatic rings. The molecule has 0 aliphatic heterocycles. The van der Waals surface area contributed by atoms with Crippen molar-refractivity contribution in [1.29, 1.82) is 0 Å². The first-order valence-corrected chi connectivity index (χ1v) is 23.0. The van der Waals surface area contributed by atoms with Crippen molar-refractivity contribution in [1.82, 2.24) is 4.57 Å². The Morgan fingerprint density at radius 1 is 0.311 bits per heavy atom. The summed E-state index contributed by atoms with van der Waals surface area (Å²) in [7, 11) is -2.61. The molecule has 0 radical (unpaired) electrons. The zero-order valence-corrected chi connectivity index (χ0v) is 34.6. The lowest BCUT2D eigenvalue weighted by molar-refractivity contribution is 1.18. The Hall–Kier alpha value is -7.72. The summed E-state index contributed by atoms with van der Waals surface area (Å²) in [5, 5.41) is 10.4. The smallest absolute Gasteiger partial charge is 0.179 e. The van der Waals surface area contributed by atoms with Crippen molar-refractivity contribution in [3.63, 3.8) is 0 Å². The van der Waals surface area contributed by atoms with E-state index >= 15 is 0 Å². The van der Waals surface area contributed by atoms with Gasteiger partial charge < -0.3 is 9.47 Å². The molecular formula is C58H42N2Si. The van der Waals surface area contributed by atoms with Crippen LogP contribution in [0.2, 0.25) is 0 Å². The van der Waals surface area contributed by atoms with Crippen molar-refractivity contribution in [2.75, 3.05) is 4.90 Å². The van der Waals surface area contributed by atoms with E-state index in [9.17, 15) is 0 Å². The molecule has 10 aromatic carbocycles. The highest BCUT2D eigenvalue weighted by molar-refractivity contribution is 7.19. The number of fused-ring (bicyclic) bond motifs is 4. The largest absolute Gasteiger partial charge is 0.310 e. The van der Waals surface area contributed by atoms with Crippen molar-refractivity contribution in [3.8, 4) is 16.8 Å². The molecule has 0 N–H and O–H groups in total. The van der Waals surface area contributed by atoms with Crippen LogP contribution < -0.4 is 25.6 Å². The maximum atomic E-state index is 2.42. The zero-order chi connectivity index (χ0) is 40.6. The average Bonchev–Trinajstić information content (AvgIpc) is 3.67. The summed E-state index contributed by atoms with van der Waals surface area (Å²) in [6.07, 6.45) is 0. The Morgan fingerprint density at radius 2 is 0.770 bits per heavy atom. The fourth-order valence-corrected chi connectivity index (χ4v) is 14.3. The van der Waals surface area contributed by atoms with Crippen molar-refractivity contribution >= 4 is 78.5 Å². The summed E-state index contributed by atoms with van der Waals surface area (Å²) in [5.74, 6) is 0. The van der Waals surface area contributed by atoms with E-state index in [1.54, 1.807) is 0 Å². The zero-order valence-electron chi connectivity index (χ0n) is 33.6. The molecule has 0 spiro atoms. The summed E-state index contributed by atoms with van der Waals surface area (Å²) < 4.78 is 2.38. The number of para-hydroxylation sites is 2. The molecule has 0 fully saturated rings. The van der Waals surface area contributed by atoms with Gasteiger partial charge in [-0.05, 0) is 91.9 Å². The van der Waals surface area contributed by atoms with Crippen molar-refractivity contribution in [2.24, 2.45) is 0 Å². The molecule has 0 saturated carbocycles. The molecule has 0 saturated heterocycles. The van der Waals surface area contributed by atoms with Gasteiger partial charge in [-0.1, -0.05) is 200 Å². The molecule has 2 nitrogen and oxygen atoms in total. The van der Waals surface area contributed by atoms with Gasteiger partial charge in [0.1, 0.15) is 0 Å². The van der Waals surface area contributed by atoms with Gasteiger partial charge in [0.25, 0.3) is 0 Å². The van der Waals surface area contributed by atoms with E-state index < -0.39 is 8.07 Å². The minimum Gasteiger partial charge on any atom is -0.310 e. The normalized spacial score (nSPS) is 11.6. The molecule has 0 amide bonds. The summed E-state index contributed by atoms with van der Waals surface area (Å²) in [5.41, 5.74) is 9.28. The predicted octanol–water partition coefficient (Wildman–Crippen LogP) is 12.5. The predicted molar refractivity (Wildman–Crippen MR) is 262 cm³/mol. The van der Waals surface area contributed by atoms with Gasteiger partial charge in [-0.25, -0.2) is 0 Å². The molecule has 288 valence electrons. The van der Waals surface area contributed by atoms with Crippen LogP contribution in [0, 0.1) is 0 Å². The lowest BCUT2D eigenvalue weighted by atomic mass is 10.0. The second-order valence-corrected chi connectivity index (χ2v) is 19.5. The molecule has 0 atom stereocenters. The molecule has 11 rings (SSSR count). The lowest BCUT2D eigenvalue weighted by Crippen LogP contribution is -2.74. The van der Waals surface area contributed by atoms with E-state index in [0.29, 0.717) is 0 Å². The molecule has 0 unspecified atom stereocenters. The number of anilines is 3. The monoisotopic (exact) mass is 794 g/mol. The molecule has 0 aliphatic rings. The topological polar surface area (TPSA) is 8.17 Å². The van der Waals surface area contributed by atoms with Crippen LogP contribution in [0.3, 0.4) is 0 Å². The average molecular weight is 795 g/mol. The Morgan fingerprint density at radius 3 is 1.39 bits per heavy atom. The molecule has 1 heterocycles. The molecule has 61 heavy (non-hydrogen) atoms. The van der Waals surface area contributed by atoms with Crippen LogP contribution in [-0.2, 0) is 0 Å². The van der Waals surface area contributed by atoms with Crippen LogP contribution >= 0.6 is 0 Å². The van der Waals surface area contributed by atoms with Crippen LogP contribution in [0.1, 0.15) is 0 Å². The van der Waals surface area contributed by atoms with Crippen LogP contribution in [0.4, 0.5) is 17.1 Å². The molecule has 0 aliphatic carbocycles. The van der Waals surface area contributed by atoms with Crippen LogP contribution in [0.15, 0.2) is 255 Å². The summed E-state index contributed by atoms with van der Waals surface area (Å²) in [6.45, 7) is 0. The number of benzene rings is 10. The molecule has 3 heteroatoms. The van der Waals surface area contributed by atoms with E-state index in [2.05, 4.69) is 264 Å². The van der Waals surface area contributed by atoms with Gasteiger partial charge in [0, 0.05) is 33.2 Å². The third kappa shape index (κ3) is 6.26. The van der Waals surface area contributed by atoms with Crippen LogP contribution in [-0.4, -0.2) is 12.6 Å². The highest BCUT2D eigenvalue weighted by Crippen LogP contribution is 2.42. The van der Waals surface area contributed by atoms with Gasteiger partial charge in [-0.3, -0.25) is 0 Å². The van der Waals surface area contributed by atoms with E-state index in [1.807, 2.05) is 0 Å². The second-order valence-electron chi connectivity index (χ2n) is 15.7. The Bertz CT molecular complexity index is 3170. The third-order valence-electron chi connectivity index (χ3n) is 12.3. The van der Waals surface area contributed by atoms with E-state index in [4.69, 9.17) is 0 Å². The van der Waals surface area contributed by atoms with Crippen molar-refractivity contribution in [2.45, 2.75) is 0 Å². The maximum absolute atomic E-state index is 2.61. The van der Waals surface area contributed by atoms with Gasteiger partial charge in [-0.2, -0.15) is 0 Å². The van der Waals surface area contributed by atoms with Gasteiger partial charge in [-0.15, -0.1) is 0 Å². The number of hydrogen-bond acceptors (Lipinski definition) is 1. The van der Waals surface area contributed by atoms with Gasteiger partial charge in [0.15, 0.2) is 8.07 Å². The summed E-state index contributed by atoms with van der Waals surface area (Å²) in [4.78, 5) is 2.42. The second kappa shape index (κ2) is 15.5. The summed E-state index contributed by atoms with van der Waals surface area (Å²) in [6, 6.07) is 93.5. The standard InChI is InChI=1S/C58H42N2Si/c1-5-20-46(21-6-1)60-57-30-16-15-29-54(57)55-42-48(38-41-58(55)60)59(56-31-17-19-45-18-13-14-28-53(45)56)47-36-32-43(33-37-47)44-34-39-52(40-35-44)61(49-22-7-2-8-23-49,50-24-9-3-10-25-50)51-26-11-4-12-27-51/h1-42H. The molecule has 1 aromatic heterocycles. The maximum Gasteiger partial charge on any atom is 0.179 e. The first kappa shape index (κ1) is 36.4. The highest BCUT2D eigenvalue weighted by atomic mass is 28.3. The third-order valence-corrected chi connectivity index (χ3v) is 17.1. The number of rotatable bonds is 9. The fraction of sp³-hybridized carbons (Fsp3) is 0. The van der Waals surface area contributed by atoms with E-state index in [1.165, 1.54) is 64.5 Å². The quantitative estimate of drug-likeness (QED) is 0.104. The molecule has 0 bridgehead atoms. The number of nitrogens with zero attached hydrogens (tertiary/aromatic N) is 2.